The fourth-order valence-corrected chi connectivity index (χ4v) is 1.21. The smallest absolute Gasteiger partial charge is 0.187 e. The summed E-state index contributed by atoms with van der Waals surface area (Å²) in [5, 5.41) is 2.11. The molecule has 1 aliphatic heterocycles. The Hall–Kier alpha value is -0.570. The van der Waals surface area contributed by atoms with E-state index in [4.69, 9.17) is 4.74 Å². The van der Waals surface area contributed by atoms with Crippen LogP contribution in [0.2, 0.25) is 0 Å². The van der Waals surface area contributed by atoms with Gasteiger partial charge in [0.05, 0.1) is 7.11 Å². The lowest BCUT2D eigenvalue weighted by molar-refractivity contribution is 0.322. The molecule has 0 aliphatic carbocycles. The topological polar surface area (TPSA) is 26.3 Å². The summed E-state index contributed by atoms with van der Waals surface area (Å²) in [6.07, 6.45) is 3.41. The average molecular weight is 130 g/mol. The molecule has 0 radical (unpaired) electrons. The van der Waals surface area contributed by atoms with Crippen molar-refractivity contribution in [3.8, 4) is 0 Å². The highest BCUT2D eigenvalue weighted by Crippen LogP contribution is 2.10. The molecule has 0 spiro atoms. The van der Waals surface area contributed by atoms with Crippen LogP contribution in [0, 0.1) is 0 Å². The summed E-state index contributed by atoms with van der Waals surface area (Å²) in [5.74, 6) is 0. The monoisotopic (exact) mass is 130 g/mol. The van der Waals surface area contributed by atoms with Gasteiger partial charge in [0.15, 0.2) is 5.09 Å². The van der Waals surface area contributed by atoms with Gasteiger partial charge in [-0.2, -0.15) is 0 Å². The Balaban J connectivity index is 2.73. The van der Waals surface area contributed by atoms with Crippen molar-refractivity contribution >= 4 is 10.8 Å². The summed E-state index contributed by atoms with van der Waals surface area (Å²) in [4.78, 5) is 0. The van der Waals surface area contributed by atoms with Crippen LogP contribution in [0.3, 0.4) is 0 Å². The van der Waals surface area contributed by atoms with E-state index in [-0.39, 0.29) is 0 Å². The fourth-order valence-electron chi connectivity index (χ4n) is 0.474. The number of ether oxygens (including phenoxy) is 1. The number of allylic oxidation sites excluding steroid dienone is 2. The van der Waals surface area contributed by atoms with Gasteiger partial charge in [0.1, 0.15) is 10.8 Å². The van der Waals surface area contributed by atoms with E-state index in [0.717, 1.165) is 0 Å². The van der Waals surface area contributed by atoms with Crippen LogP contribution in [0.15, 0.2) is 22.7 Å². The molecule has 0 saturated heterocycles. The van der Waals surface area contributed by atoms with Crippen LogP contribution in [-0.4, -0.2) is 11.3 Å². The van der Waals surface area contributed by atoms with Crippen LogP contribution in [0.25, 0.3) is 0 Å². The third-order valence-electron chi connectivity index (χ3n) is 0.834. The quantitative estimate of drug-likeness (QED) is 0.523. The standard InChI is InChI=1S/C5H6O2S/c1-7-5-3-2-4-8(5)6/h2-4H,1H3. The fraction of sp³-hybridized carbons (Fsp3) is 0.200. The lowest BCUT2D eigenvalue weighted by atomic mass is 10.6. The Bertz CT molecular complexity index is 169. The van der Waals surface area contributed by atoms with Crippen molar-refractivity contribution in [1.82, 2.24) is 0 Å². The minimum atomic E-state index is -1.00. The molecule has 1 heterocycles. The van der Waals surface area contributed by atoms with Crippen molar-refractivity contribution in [2.75, 3.05) is 7.11 Å². The molecule has 1 unspecified atom stereocenters. The number of hydrogen-bond donors (Lipinski definition) is 0. The lowest BCUT2D eigenvalue weighted by Gasteiger charge is -1.93. The third kappa shape index (κ3) is 0.816. The molecular weight excluding hydrogens is 124 g/mol. The summed E-state index contributed by atoms with van der Waals surface area (Å²) in [6, 6.07) is 0. The first-order valence-electron chi connectivity index (χ1n) is 2.17. The third-order valence-corrected chi connectivity index (χ3v) is 1.94. The molecule has 0 N–H and O–H groups in total. The average Bonchev–Trinajstić information content (AvgIpc) is 2.14. The van der Waals surface area contributed by atoms with Crippen molar-refractivity contribution < 1.29 is 8.95 Å². The van der Waals surface area contributed by atoms with Crippen LogP contribution in [0.1, 0.15) is 0 Å². The molecule has 0 fully saturated rings. The molecule has 0 aromatic heterocycles. The van der Waals surface area contributed by atoms with Gasteiger partial charge >= 0.3 is 0 Å². The van der Waals surface area contributed by atoms with Crippen LogP contribution in [0.5, 0.6) is 0 Å². The van der Waals surface area contributed by atoms with Crippen molar-refractivity contribution in [2.24, 2.45) is 0 Å². The van der Waals surface area contributed by atoms with Gasteiger partial charge in [0.25, 0.3) is 0 Å². The molecule has 3 heteroatoms. The Morgan fingerprint density at radius 3 is 2.75 bits per heavy atom. The molecule has 2 nitrogen and oxygen atoms in total. The first-order valence-corrected chi connectivity index (χ1v) is 3.39. The molecule has 1 atom stereocenters. The van der Waals surface area contributed by atoms with Crippen LogP contribution < -0.4 is 0 Å². The highest BCUT2D eigenvalue weighted by atomic mass is 32.2. The van der Waals surface area contributed by atoms with E-state index in [1.54, 1.807) is 17.6 Å². The molecule has 44 valence electrons. The van der Waals surface area contributed by atoms with Gasteiger partial charge in [-0.15, -0.1) is 0 Å². The first kappa shape index (κ1) is 5.56. The van der Waals surface area contributed by atoms with Crippen molar-refractivity contribution in [2.45, 2.75) is 0 Å². The second kappa shape index (κ2) is 2.13. The van der Waals surface area contributed by atoms with E-state index in [1.165, 1.54) is 7.11 Å². The summed E-state index contributed by atoms with van der Waals surface area (Å²) < 4.78 is 15.4. The van der Waals surface area contributed by atoms with E-state index < -0.39 is 10.8 Å². The van der Waals surface area contributed by atoms with Crippen LogP contribution in [-0.2, 0) is 15.5 Å². The minimum Gasteiger partial charge on any atom is -0.488 e. The molecule has 0 aromatic rings. The lowest BCUT2D eigenvalue weighted by Crippen LogP contribution is -1.87. The van der Waals surface area contributed by atoms with Gasteiger partial charge < -0.3 is 4.74 Å². The van der Waals surface area contributed by atoms with E-state index in [2.05, 4.69) is 0 Å². The molecule has 1 aliphatic rings. The second-order valence-electron chi connectivity index (χ2n) is 1.32. The van der Waals surface area contributed by atoms with E-state index >= 15 is 0 Å². The second-order valence-corrected chi connectivity index (χ2v) is 2.59. The Kier molecular flexibility index (Phi) is 1.48. The Morgan fingerprint density at radius 2 is 2.50 bits per heavy atom. The summed E-state index contributed by atoms with van der Waals surface area (Å²) in [7, 11) is 0.508. The first-order chi connectivity index (χ1) is 3.84. The summed E-state index contributed by atoms with van der Waals surface area (Å²) in [6.45, 7) is 0. The highest BCUT2D eigenvalue weighted by molar-refractivity contribution is 7.91. The maximum absolute atomic E-state index is 10.6. The Morgan fingerprint density at radius 1 is 1.75 bits per heavy atom. The SMILES string of the molecule is COC1=CC=CS1=O. The van der Waals surface area contributed by atoms with Crippen molar-refractivity contribution in [3.05, 3.63) is 22.7 Å². The van der Waals surface area contributed by atoms with Gasteiger partial charge in [0, 0.05) is 5.41 Å². The number of methoxy groups -OCH3 is 1. The van der Waals surface area contributed by atoms with Crippen molar-refractivity contribution in [3.63, 3.8) is 0 Å². The van der Waals surface area contributed by atoms with Gasteiger partial charge in [-0.25, -0.2) is 4.21 Å². The predicted octanol–water partition coefficient (Wildman–Crippen LogP) is 0.750. The van der Waals surface area contributed by atoms with E-state index in [1.807, 2.05) is 0 Å². The van der Waals surface area contributed by atoms with Crippen LogP contribution >= 0.6 is 0 Å². The maximum Gasteiger partial charge on any atom is 0.187 e. The Labute approximate surface area is 50.3 Å². The molecular formula is C5H6O2S. The molecule has 0 amide bonds. The normalized spacial score (nSPS) is 25.6. The zero-order chi connectivity index (χ0) is 5.98. The minimum absolute atomic E-state index is 0.532. The predicted molar refractivity (Wildman–Crippen MR) is 32.4 cm³/mol. The summed E-state index contributed by atoms with van der Waals surface area (Å²) >= 11 is 0. The molecule has 0 aromatic carbocycles. The summed E-state index contributed by atoms with van der Waals surface area (Å²) in [5.41, 5.74) is 0. The van der Waals surface area contributed by atoms with Crippen molar-refractivity contribution in [1.29, 1.82) is 0 Å². The van der Waals surface area contributed by atoms with E-state index in [9.17, 15) is 4.21 Å². The van der Waals surface area contributed by atoms with Gasteiger partial charge in [-0.05, 0) is 12.2 Å². The zero-order valence-corrected chi connectivity index (χ0v) is 5.27. The maximum atomic E-state index is 10.6. The zero-order valence-electron chi connectivity index (χ0n) is 4.46. The molecule has 0 saturated carbocycles. The van der Waals surface area contributed by atoms with Gasteiger partial charge in [-0.3, -0.25) is 0 Å². The van der Waals surface area contributed by atoms with Gasteiger partial charge in [0.2, 0.25) is 0 Å². The molecule has 0 bridgehead atoms. The highest BCUT2D eigenvalue weighted by Gasteiger charge is 2.05. The van der Waals surface area contributed by atoms with Gasteiger partial charge in [-0.1, -0.05) is 0 Å². The molecule has 8 heavy (non-hydrogen) atoms. The number of hydrogen-bond acceptors (Lipinski definition) is 2. The number of rotatable bonds is 1. The van der Waals surface area contributed by atoms with Crippen LogP contribution in [0.4, 0.5) is 0 Å². The van der Waals surface area contributed by atoms with E-state index in [0.29, 0.717) is 5.09 Å². The molecule has 1 rings (SSSR count). The largest absolute Gasteiger partial charge is 0.488 e.